The van der Waals surface area contributed by atoms with Gasteiger partial charge in [-0.05, 0) is 11.1 Å². The second kappa shape index (κ2) is 18.1. The van der Waals surface area contributed by atoms with Gasteiger partial charge in [-0.2, -0.15) is 0 Å². The summed E-state index contributed by atoms with van der Waals surface area (Å²) in [4.78, 5) is 76.6. The normalized spacial score (nSPS) is 29.3. The maximum Gasteiger partial charge on any atom is 0.339 e. The Hall–Kier alpha value is -4.81. The quantitative estimate of drug-likeness (QED) is 0.0924. The molecule has 0 saturated carbocycles. The predicted octanol–water partition coefficient (Wildman–Crippen LogP) is 1.18. The highest BCUT2D eigenvalue weighted by Gasteiger charge is 2.58. The van der Waals surface area contributed by atoms with Crippen molar-refractivity contribution in [2.24, 2.45) is 5.11 Å². The molecule has 0 spiro atoms. The number of hydrogen-bond donors (Lipinski definition) is 0. The van der Waals surface area contributed by atoms with E-state index in [4.69, 9.17) is 47.4 Å². The average molecular weight is 696 g/mol. The van der Waals surface area contributed by atoms with E-state index in [-0.39, 0.29) is 6.61 Å². The Morgan fingerprint density at radius 2 is 1.31 bits per heavy atom. The molecule has 2 saturated heterocycles. The number of esters is 6. The molecule has 2 fully saturated rings. The van der Waals surface area contributed by atoms with E-state index in [9.17, 15) is 34.3 Å². The van der Waals surface area contributed by atoms with Crippen molar-refractivity contribution in [2.45, 2.75) is 103 Å². The standard InChI is InChI=1S/C30H37N3O16/c1-14(34)41-13-20-22(43-15(2)35)23(21(32-33-31)29(47-20)42-12-19-10-8-7-9-11-19)48-30-27(46-18(5)38)25(45-17(4)37)24(44-16(3)36)26(49-30)28(39)40-6/h7-11,20-27,29-30H,12-13H2,1-6H3/t20-,21-,22+,23-,24+,25+,26+,27-,29-,30-/m1/s1. The SMILES string of the molecule is COC(=O)[C@H]1O[C@@H](O[C@@H]2[C@@H](N=[N+]=[N-])[C@H](OCc3ccccc3)O[C@H](COC(C)=O)[C@@H]2OC(C)=O)[C@H](OC(C)=O)[C@@H](OC(C)=O)[C@@H]1OC(C)=O. The highest BCUT2D eigenvalue weighted by Crippen LogP contribution is 2.36. The second-order valence-electron chi connectivity index (χ2n) is 10.7. The Morgan fingerprint density at radius 3 is 1.86 bits per heavy atom. The minimum absolute atomic E-state index is 0.0762. The lowest BCUT2D eigenvalue weighted by Gasteiger charge is -2.48. The molecule has 3 rings (SSSR count). The fourth-order valence-corrected chi connectivity index (χ4v) is 5.13. The van der Waals surface area contributed by atoms with Crippen LogP contribution in [0.5, 0.6) is 0 Å². The Morgan fingerprint density at radius 1 is 0.735 bits per heavy atom. The van der Waals surface area contributed by atoms with Crippen molar-refractivity contribution in [3.63, 3.8) is 0 Å². The Bertz CT molecular complexity index is 1400. The zero-order valence-electron chi connectivity index (χ0n) is 27.4. The lowest BCUT2D eigenvalue weighted by molar-refractivity contribution is -0.341. The van der Waals surface area contributed by atoms with E-state index in [0.29, 0.717) is 5.56 Å². The predicted molar refractivity (Wildman–Crippen MR) is 157 cm³/mol. The molecule has 268 valence electrons. The van der Waals surface area contributed by atoms with Crippen LogP contribution in [0, 0.1) is 0 Å². The second-order valence-corrected chi connectivity index (χ2v) is 10.7. The molecule has 1 aromatic carbocycles. The number of azide groups is 1. The monoisotopic (exact) mass is 695 g/mol. The van der Waals surface area contributed by atoms with Crippen molar-refractivity contribution in [3.8, 4) is 0 Å². The van der Waals surface area contributed by atoms with Gasteiger partial charge in [0.25, 0.3) is 0 Å². The summed E-state index contributed by atoms with van der Waals surface area (Å²) in [5.41, 5.74) is 10.3. The Labute approximate surface area is 279 Å². The first kappa shape index (κ1) is 38.6. The van der Waals surface area contributed by atoms with Gasteiger partial charge >= 0.3 is 35.8 Å². The van der Waals surface area contributed by atoms with Crippen LogP contribution in [0.15, 0.2) is 35.4 Å². The molecule has 2 aliphatic rings. The number of nitrogens with zero attached hydrogens (tertiary/aromatic N) is 3. The molecule has 0 aliphatic carbocycles. The number of carbonyl (C=O) groups excluding carboxylic acids is 6. The fourth-order valence-electron chi connectivity index (χ4n) is 5.13. The van der Waals surface area contributed by atoms with Gasteiger partial charge in [0.05, 0.1) is 13.7 Å². The minimum atomic E-state index is -1.90. The first-order chi connectivity index (χ1) is 23.2. The van der Waals surface area contributed by atoms with Crippen LogP contribution in [0.3, 0.4) is 0 Å². The zero-order chi connectivity index (χ0) is 36.2. The van der Waals surface area contributed by atoms with Gasteiger partial charge in [-0.3, -0.25) is 24.0 Å². The molecular weight excluding hydrogens is 658 g/mol. The van der Waals surface area contributed by atoms with E-state index < -0.39 is 104 Å². The molecule has 2 heterocycles. The van der Waals surface area contributed by atoms with Crippen LogP contribution >= 0.6 is 0 Å². The van der Waals surface area contributed by atoms with Crippen molar-refractivity contribution in [1.82, 2.24) is 0 Å². The molecule has 19 nitrogen and oxygen atoms in total. The fraction of sp³-hybridized carbons (Fsp3) is 0.600. The summed E-state index contributed by atoms with van der Waals surface area (Å²) < 4.78 is 55.7. The van der Waals surface area contributed by atoms with Crippen molar-refractivity contribution < 1.29 is 76.1 Å². The van der Waals surface area contributed by atoms with Crippen molar-refractivity contribution in [3.05, 3.63) is 46.3 Å². The van der Waals surface area contributed by atoms with E-state index in [2.05, 4.69) is 10.0 Å². The van der Waals surface area contributed by atoms with E-state index in [1.807, 2.05) is 0 Å². The lowest BCUT2D eigenvalue weighted by Crippen LogP contribution is -2.67. The van der Waals surface area contributed by atoms with Crippen LogP contribution in [0.1, 0.15) is 40.2 Å². The molecule has 0 N–H and O–H groups in total. The van der Waals surface area contributed by atoms with Gasteiger partial charge in [0.15, 0.2) is 43.1 Å². The molecule has 1 aromatic rings. The van der Waals surface area contributed by atoms with Crippen molar-refractivity contribution >= 4 is 35.8 Å². The van der Waals surface area contributed by atoms with Gasteiger partial charge in [-0.1, -0.05) is 35.4 Å². The number of hydrogen-bond acceptors (Lipinski definition) is 17. The molecule has 0 amide bonds. The molecule has 0 aromatic heterocycles. The third-order valence-electron chi connectivity index (χ3n) is 6.94. The molecule has 19 heteroatoms. The van der Waals surface area contributed by atoms with Crippen LogP contribution in [-0.4, -0.2) is 111 Å². The molecule has 0 unspecified atom stereocenters. The Kier molecular flexibility index (Phi) is 14.3. The number of benzene rings is 1. The average Bonchev–Trinajstić information content (AvgIpc) is 3.03. The molecular formula is C30H37N3O16. The lowest BCUT2D eigenvalue weighted by atomic mass is 9.95. The third kappa shape index (κ3) is 10.8. The maximum atomic E-state index is 12.9. The number of carbonyl (C=O) groups is 6. The van der Waals surface area contributed by atoms with Gasteiger partial charge in [0.1, 0.15) is 24.9 Å². The number of methoxy groups -OCH3 is 1. The van der Waals surface area contributed by atoms with Gasteiger partial charge in [-0.15, -0.1) is 0 Å². The molecule has 10 atom stereocenters. The summed E-state index contributed by atoms with van der Waals surface area (Å²) in [6, 6.07) is 7.30. The van der Waals surface area contributed by atoms with Gasteiger partial charge in [0, 0.05) is 39.5 Å². The van der Waals surface area contributed by atoms with E-state index in [0.717, 1.165) is 41.7 Å². The first-order valence-electron chi connectivity index (χ1n) is 14.8. The van der Waals surface area contributed by atoms with Crippen LogP contribution in [0.4, 0.5) is 0 Å². The van der Waals surface area contributed by atoms with Crippen LogP contribution in [-0.2, 0) is 82.7 Å². The van der Waals surface area contributed by atoms with Gasteiger partial charge in [0.2, 0.25) is 0 Å². The van der Waals surface area contributed by atoms with E-state index in [1.54, 1.807) is 30.3 Å². The molecule has 49 heavy (non-hydrogen) atoms. The van der Waals surface area contributed by atoms with Crippen LogP contribution < -0.4 is 0 Å². The van der Waals surface area contributed by atoms with E-state index >= 15 is 0 Å². The molecule has 0 radical (unpaired) electrons. The van der Waals surface area contributed by atoms with Crippen LogP contribution in [0.25, 0.3) is 10.4 Å². The maximum absolute atomic E-state index is 12.9. The molecule has 2 aliphatic heterocycles. The summed E-state index contributed by atoms with van der Waals surface area (Å²) in [7, 11) is 1.01. The highest BCUT2D eigenvalue weighted by atomic mass is 16.8. The first-order valence-corrected chi connectivity index (χ1v) is 14.8. The van der Waals surface area contributed by atoms with Gasteiger partial charge < -0.3 is 47.4 Å². The number of ether oxygens (including phenoxy) is 10. The topological polar surface area (TPSA) is 243 Å². The summed E-state index contributed by atoms with van der Waals surface area (Å²) in [6.07, 6.45) is -14.8. The number of rotatable bonds is 13. The summed E-state index contributed by atoms with van der Waals surface area (Å²) >= 11 is 0. The van der Waals surface area contributed by atoms with Gasteiger partial charge in [-0.25, -0.2) is 4.79 Å². The Balaban J connectivity index is 2.16. The summed E-state index contributed by atoms with van der Waals surface area (Å²) in [5.74, 6) is -5.48. The van der Waals surface area contributed by atoms with Crippen molar-refractivity contribution in [2.75, 3.05) is 13.7 Å². The largest absolute Gasteiger partial charge is 0.467 e. The highest BCUT2D eigenvalue weighted by molar-refractivity contribution is 5.77. The summed E-state index contributed by atoms with van der Waals surface area (Å²) in [6.45, 7) is 4.64. The van der Waals surface area contributed by atoms with Crippen LogP contribution in [0.2, 0.25) is 0 Å². The summed E-state index contributed by atoms with van der Waals surface area (Å²) in [5, 5.41) is 3.79. The van der Waals surface area contributed by atoms with E-state index in [1.165, 1.54) is 0 Å². The zero-order valence-corrected chi connectivity index (χ0v) is 27.4. The smallest absolute Gasteiger partial charge is 0.339 e. The minimum Gasteiger partial charge on any atom is -0.467 e. The third-order valence-corrected chi connectivity index (χ3v) is 6.94. The molecule has 0 bridgehead atoms. The van der Waals surface area contributed by atoms with Crippen molar-refractivity contribution in [1.29, 1.82) is 0 Å².